The summed E-state index contributed by atoms with van der Waals surface area (Å²) < 4.78 is 27.0. The van der Waals surface area contributed by atoms with E-state index in [2.05, 4.69) is 4.18 Å². The highest BCUT2D eigenvalue weighted by Crippen LogP contribution is 2.35. The van der Waals surface area contributed by atoms with Gasteiger partial charge in [0.25, 0.3) is 10.1 Å². The molecule has 1 aliphatic rings. The molecule has 7 nitrogen and oxygen atoms in total. The summed E-state index contributed by atoms with van der Waals surface area (Å²) in [6, 6.07) is 6.84. The number of amides is 1. The Morgan fingerprint density at radius 1 is 1.23 bits per heavy atom. The van der Waals surface area contributed by atoms with Crippen molar-refractivity contribution in [3.8, 4) is 0 Å². The number of unbranched alkanes of at least 4 members (excludes halogenated alkanes) is 1. The average molecular weight is 440 g/mol. The summed E-state index contributed by atoms with van der Waals surface area (Å²) >= 11 is 0. The molecule has 1 amide bonds. The molecule has 3 atom stereocenters. The third kappa shape index (κ3) is 6.38. The molecular formula is C22H33NO6S. The molecule has 1 aromatic carbocycles. The summed E-state index contributed by atoms with van der Waals surface area (Å²) in [5.74, 6) is -0.187. The van der Waals surface area contributed by atoms with Gasteiger partial charge in [-0.2, -0.15) is 8.42 Å². The Hall–Kier alpha value is -1.74. The van der Waals surface area contributed by atoms with Crippen LogP contribution in [0, 0.1) is 5.41 Å². The van der Waals surface area contributed by atoms with Crippen molar-refractivity contribution in [2.75, 3.05) is 17.8 Å². The standard InChI is InChI=1S/C22H33NO6S/c1-22(2,3)21(26)16-10-12-17(13-11-16)23-18(19(24)15-20(23)25)9-7-5-6-8-14-30(27,28)29-4/h5,7,10-13,18-19,21,24,26H,6,8-9,14-15H2,1-4H3/b7-5-. The van der Waals surface area contributed by atoms with Crippen molar-refractivity contribution in [1.82, 2.24) is 0 Å². The van der Waals surface area contributed by atoms with Crippen LogP contribution in [0.4, 0.5) is 5.69 Å². The van der Waals surface area contributed by atoms with Gasteiger partial charge in [-0.15, -0.1) is 0 Å². The van der Waals surface area contributed by atoms with Crippen molar-refractivity contribution in [3.63, 3.8) is 0 Å². The smallest absolute Gasteiger partial charge is 0.267 e. The average Bonchev–Trinajstić information content (AvgIpc) is 2.96. The van der Waals surface area contributed by atoms with E-state index in [4.69, 9.17) is 0 Å². The molecule has 8 heteroatoms. The Kier molecular flexibility index (Phi) is 8.21. The van der Waals surface area contributed by atoms with Gasteiger partial charge in [-0.25, -0.2) is 0 Å². The van der Waals surface area contributed by atoms with E-state index in [9.17, 15) is 23.4 Å². The molecule has 0 aromatic heterocycles. The molecule has 1 aromatic rings. The van der Waals surface area contributed by atoms with E-state index in [0.29, 0.717) is 24.9 Å². The predicted octanol–water partition coefficient (Wildman–Crippen LogP) is 2.94. The van der Waals surface area contributed by atoms with E-state index in [1.807, 2.05) is 45.1 Å². The molecule has 0 aliphatic carbocycles. The Labute approximate surface area is 179 Å². The summed E-state index contributed by atoms with van der Waals surface area (Å²) in [5, 5.41) is 20.8. The predicted molar refractivity (Wildman–Crippen MR) is 117 cm³/mol. The molecule has 1 aliphatic heterocycles. The van der Waals surface area contributed by atoms with Gasteiger partial charge in [-0.1, -0.05) is 45.1 Å². The van der Waals surface area contributed by atoms with Crippen LogP contribution in [0.25, 0.3) is 0 Å². The van der Waals surface area contributed by atoms with Gasteiger partial charge >= 0.3 is 0 Å². The lowest BCUT2D eigenvalue weighted by molar-refractivity contribution is -0.117. The molecular weight excluding hydrogens is 406 g/mol. The second-order valence-corrected chi connectivity index (χ2v) is 10.6. The highest BCUT2D eigenvalue weighted by Gasteiger charge is 2.38. The highest BCUT2D eigenvalue weighted by molar-refractivity contribution is 7.86. The van der Waals surface area contributed by atoms with E-state index in [-0.39, 0.29) is 29.5 Å². The molecule has 2 N–H and O–H groups in total. The molecule has 168 valence electrons. The van der Waals surface area contributed by atoms with Crippen molar-refractivity contribution in [2.45, 2.75) is 64.7 Å². The summed E-state index contributed by atoms with van der Waals surface area (Å²) in [4.78, 5) is 14.1. The zero-order valence-electron chi connectivity index (χ0n) is 18.1. The van der Waals surface area contributed by atoms with Crippen LogP contribution >= 0.6 is 0 Å². The minimum Gasteiger partial charge on any atom is -0.390 e. The Balaban J connectivity index is 2.02. The zero-order chi connectivity index (χ0) is 22.5. The number of carbonyl (C=O) groups excluding carboxylic acids is 1. The van der Waals surface area contributed by atoms with Crippen molar-refractivity contribution < 1.29 is 27.6 Å². The Bertz CT molecular complexity index is 841. The van der Waals surface area contributed by atoms with Crippen LogP contribution in [0.2, 0.25) is 0 Å². The number of allylic oxidation sites excluding steroid dienone is 1. The van der Waals surface area contributed by atoms with Gasteiger partial charge in [0.15, 0.2) is 0 Å². The molecule has 0 spiro atoms. The molecule has 0 bridgehead atoms. The van der Waals surface area contributed by atoms with E-state index in [0.717, 1.165) is 12.7 Å². The minimum atomic E-state index is -3.45. The Morgan fingerprint density at radius 2 is 1.87 bits per heavy atom. The van der Waals surface area contributed by atoms with E-state index in [1.54, 1.807) is 17.0 Å². The SMILES string of the molecule is COS(=O)(=O)CCC/C=C\CC1C(O)CC(=O)N1c1ccc(C(O)C(C)(C)C)cc1. The number of aliphatic hydroxyl groups is 2. The Morgan fingerprint density at radius 3 is 2.43 bits per heavy atom. The van der Waals surface area contributed by atoms with Crippen molar-refractivity contribution in [1.29, 1.82) is 0 Å². The van der Waals surface area contributed by atoms with Crippen LogP contribution in [-0.4, -0.2) is 49.5 Å². The van der Waals surface area contributed by atoms with Gasteiger partial charge in [-0.05, 0) is 42.4 Å². The zero-order valence-corrected chi connectivity index (χ0v) is 18.9. The fourth-order valence-electron chi connectivity index (χ4n) is 3.50. The van der Waals surface area contributed by atoms with Crippen molar-refractivity contribution in [2.24, 2.45) is 5.41 Å². The molecule has 30 heavy (non-hydrogen) atoms. The maximum absolute atomic E-state index is 12.5. The van der Waals surface area contributed by atoms with Crippen molar-refractivity contribution in [3.05, 3.63) is 42.0 Å². The lowest BCUT2D eigenvalue weighted by atomic mass is 9.85. The summed E-state index contributed by atoms with van der Waals surface area (Å²) in [6.07, 6.45) is 3.90. The van der Waals surface area contributed by atoms with Gasteiger partial charge in [0.2, 0.25) is 5.91 Å². The van der Waals surface area contributed by atoms with Crippen LogP contribution in [0.3, 0.4) is 0 Å². The summed E-state index contributed by atoms with van der Waals surface area (Å²) in [5.41, 5.74) is 1.17. The molecule has 1 heterocycles. The van der Waals surface area contributed by atoms with Crippen LogP contribution in [0.5, 0.6) is 0 Å². The second-order valence-electron chi connectivity index (χ2n) is 8.74. The minimum absolute atomic E-state index is 0.0444. The van der Waals surface area contributed by atoms with E-state index >= 15 is 0 Å². The van der Waals surface area contributed by atoms with Gasteiger partial charge < -0.3 is 15.1 Å². The number of hydrogen-bond donors (Lipinski definition) is 2. The highest BCUT2D eigenvalue weighted by atomic mass is 32.2. The second kappa shape index (κ2) is 10.0. The first-order valence-corrected chi connectivity index (χ1v) is 11.8. The van der Waals surface area contributed by atoms with Crippen LogP contribution < -0.4 is 4.90 Å². The van der Waals surface area contributed by atoms with Crippen molar-refractivity contribution >= 4 is 21.7 Å². The van der Waals surface area contributed by atoms with Crippen LogP contribution in [0.15, 0.2) is 36.4 Å². The normalized spacial score (nSPS) is 21.5. The number of anilines is 1. The molecule has 3 unspecified atom stereocenters. The summed E-state index contributed by atoms with van der Waals surface area (Å²) in [7, 11) is -2.30. The lowest BCUT2D eigenvalue weighted by Gasteiger charge is -2.28. The number of aliphatic hydroxyl groups excluding tert-OH is 2. The molecule has 1 fully saturated rings. The van der Waals surface area contributed by atoms with Gasteiger partial charge in [0.1, 0.15) is 0 Å². The number of hydrogen-bond acceptors (Lipinski definition) is 6. The third-order valence-corrected chi connectivity index (χ3v) is 6.60. The fourth-order valence-corrected chi connectivity index (χ4v) is 4.19. The fraction of sp³-hybridized carbons (Fsp3) is 0.591. The topological polar surface area (TPSA) is 104 Å². The number of carbonyl (C=O) groups is 1. The maximum atomic E-state index is 12.5. The third-order valence-electron chi connectivity index (χ3n) is 5.30. The van der Waals surface area contributed by atoms with E-state index in [1.165, 1.54) is 0 Å². The lowest BCUT2D eigenvalue weighted by Crippen LogP contribution is -2.36. The molecule has 1 saturated heterocycles. The first-order valence-electron chi connectivity index (χ1n) is 10.2. The van der Waals surface area contributed by atoms with Gasteiger partial charge in [-0.3, -0.25) is 8.98 Å². The monoisotopic (exact) mass is 439 g/mol. The first kappa shape index (κ1) is 24.5. The largest absolute Gasteiger partial charge is 0.390 e. The van der Waals surface area contributed by atoms with E-state index < -0.39 is 22.3 Å². The van der Waals surface area contributed by atoms with Crippen LogP contribution in [0.1, 0.15) is 58.1 Å². The molecule has 0 radical (unpaired) electrons. The van der Waals surface area contributed by atoms with Gasteiger partial charge in [0.05, 0.1) is 37.5 Å². The number of rotatable bonds is 9. The van der Waals surface area contributed by atoms with Crippen LogP contribution in [-0.2, 0) is 19.1 Å². The number of benzene rings is 1. The maximum Gasteiger partial charge on any atom is 0.267 e. The molecule has 0 saturated carbocycles. The van der Waals surface area contributed by atoms with Gasteiger partial charge in [0, 0.05) is 5.69 Å². The summed E-state index contributed by atoms with van der Waals surface area (Å²) in [6.45, 7) is 5.87. The number of nitrogens with zero attached hydrogens (tertiary/aromatic N) is 1. The first-order chi connectivity index (χ1) is 14.0. The quantitative estimate of drug-likeness (QED) is 0.348. The molecule has 2 rings (SSSR count).